The molecule has 0 radical (unpaired) electrons. The standard InChI is InChI=1S/C21H30N2O6S/c1-21(2,3)29-19(25)22-15-11-12-23(16(15)17(30-5)18(24)27-4)20(26)28-13-14-9-7-6-8-10-14/h6-10,15-17H,11-13H2,1-5H3,(H,22,25)/t15-,16-,17?/m1/s1. The SMILES string of the molecule is COC(=O)C(SC)[C@H]1[C@H](NC(=O)OC(C)(C)C)CCN1C(=O)OCc1ccccc1. The van der Waals surface area contributed by atoms with Crippen LogP contribution in [0.2, 0.25) is 0 Å². The first-order valence-electron chi connectivity index (χ1n) is 9.73. The lowest BCUT2D eigenvalue weighted by atomic mass is 10.1. The van der Waals surface area contributed by atoms with Crippen LogP contribution in [-0.4, -0.2) is 65.9 Å². The fraction of sp³-hybridized carbons (Fsp3) is 0.571. The minimum absolute atomic E-state index is 0.120. The van der Waals surface area contributed by atoms with Crippen molar-refractivity contribution in [1.82, 2.24) is 10.2 Å². The summed E-state index contributed by atoms with van der Waals surface area (Å²) in [5.41, 5.74) is 0.202. The lowest BCUT2D eigenvalue weighted by molar-refractivity contribution is -0.141. The van der Waals surface area contributed by atoms with Crippen LogP contribution in [0.1, 0.15) is 32.8 Å². The summed E-state index contributed by atoms with van der Waals surface area (Å²) in [6.07, 6.45) is 1.10. The highest BCUT2D eigenvalue weighted by Crippen LogP contribution is 2.29. The fourth-order valence-electron chi connectivity index (χ4n) is 3.31. The second-order valence-electron chi connectivity index (χ2n) is 7.95. The normalized spacial score (nSPS) is 19.7. The van der Waals surface area contributed by atoms with E-state index >= 15 is 0 Å². The molecule has 1 unspecified atom stereocenters. The molecule has 1 fully saturated rings. The van der Waals surface area contributed by atoms with Crippen molar-refractivity contribution in [3.63, 3.8) is 0 Å². The number of nitrogens with zero attached hydrogens (tertiary/aromatic N) is 1. The van der Waals surface area contributed by atoms with Crippen molar-refractivity contribution in [2.24, 2.45) is 0 Å². The molecule has 0 aromatic heterocycles. The monoisotopic (exact) mass is 438 g/mol. The van der Waals surface area contributed by atoms with E-state index in [4.69, 9.17) is 14.2 Å². The molecule has 3 atom stereocenters. The van der Waals surface area contributed by atoms with Gasteiger partial charge >= 0.3 is 18.2 Å². The number of carbonyl (C=O) groups is 3. The van der Waals surface area contributed by atoms with Gasteiger partial charge in [-0.25, -0.2) is 9.59 Å². The Hall–Kier alpha value is -2.42. The van der Waals surface area contributed by atoms with E-state index in [1.807, 2.05) is 30.3 Å². The molecule has 1 saturated heterocycles. The summed E-state index contributed by atoms with van der Waals surface area (Å²) in [4.78, 5) is 39.0. The number of methoxy groups -OCH3 is 1. The molecule has 30 heavy (non-hydrogen) atoms. The van der Waals surface area contributed by atoms with Gasteiger partial charge < -0.3 is 24.4 Å². The molecule has 0 spiro atoms. The number of ether oxygens (including phenoxy) is 3. The molecule has 0 aliphatic carbocycles. The molecule has 8 nitrogen and oxygen atoms in total. The van der Waals surface area contributed by atoms with Gasteiger partial charge in [0.15, 0.2) is 0 Å². The Morgan fingerprint density at radius 1 is 1.23 bits per heavy atom. The van der Waals surface area contributed by atoms with E-state index in [0.717, 1.165) is 5.56 Å². The lowest BCUT2D eigenvalue weighted by Crippen LogP contribution is -2.54. The first-order valence-corrected chi connectivity index (χ1v) is 11.0. The predicted octanol–water partition coefficient (Wildman–Crippen LogP) is 3.20. The lowest BCUT2D eigenvalue weighted by Gasteiger charge is -2.32. The van der Waals surface area contributed by atoms with E-state index in [1.165, 1.54) is 23.8 Å². The summed E-state index contributed by atoms with van der Waals surface area (Å²) in [5.74, 6) is -0.466. The fourth-order valence-corrected chi connectivity index (χ4v) is 4.22. The first-order chi connectivity index (χ1) is 14.2. The van der Waals surface area contributed by atoms with Gasteiger partial charge in [0.1, 0.15) is 17.5 Å². The Kier molecular flexibility index (Phi) is 8.40. The highest BCUT2D eigenvalue weighted by molar-refractivity contribution is 8.00. The summed E-state index contributed by atoms with van der Waals surface area (Å²) in [6, 6.07) is 8.24. The van der Waals surface area contributed by atoms with Crippen LogP contribution in [0, 0.1) is 0 Å². The number of benzene rings is 1. The second kappa shape index (κ2) is 10.6. The smallest absolute Gasteiger partial charge is 0.410 e. The Morgan fingerprint density at radius 3 is 2.47 bits per heavy atom. The van der Waals surface area contributed by atoms with Crippen molar-refractivity contribution in [2.45, 2.75) is 56.7 Å². The molecule has 0 bridgehead atoms. The molecular weight excluding hydrogens is 408 g/mol. The number of amides is 2. The third-order valence-corrected chi connectivity index (χ3v) is 5.57. The third-order valence-electron chi connectivity index (χ3n) is 4.59. The van der Waals surface area contributed by atoms with Gasteiger partial charge in [0.25, 0.3) is 0 Å². The van der Waals surface area contributed by atoms with E-state index in [-0.39, 0.29) is 6.61 Å². The van der Waals surface area contributed by atoms with Crippen molar-refractivity contribution in [2.75, 3.05) is 19.9 Å². The van der Waals surface area contributed by atoms with Crippen LogP contribution in [0.5, 0.6) is 0 Å². The molecule has 2 rings (SSSR count). The number of carbonyl (C=O) groups excluding carboxylic acids is 3. The Bertz CT molecular complexity index is 737. The summed E-state index contributed by atoms with van der Waals surface area (Å²) in [5, 5.41) is 2.13. The van der Waals surface area contributed by atoms with Gasteiger partial charge in [0.2, 0.25) is 0 Å². The molecule has 1 aromatic carbocycles. The molecule has 9 heteroatoms. The number of hydrogen-bond acceptors (Lipinski definition) is 7. The van der Waals surface area contributed by atoms with E-state index in [9.17, 15) is 14.4 Å². The Balaban J connectivity index is 2.15. The van der Waals surface area contributed by atoms with Crippen LogP contribution < -0.4 is 5.32 Å². The highest BCUT2D eigenvalue weighted by Gasteiger charge is 2.46. The van der Waals surface area contributed by atoms with Gasteiger partial charge in [-0.2, -0.15) is 0 Å². The first kappa shape index (κ1) is 23.9. The molecular formula is C21H30N2O6S. The number of alkyl carbamates (subject to hydrolysis) is 1. The minimum Gasteiger partial charge on any atom is -0.468 e. The van der Waals surface area contributed by atoms with E-state index in [0.29, 0.717) is 13.0 Å². The average molecular weight is 439 g/mol. The van der Waals surface area contributed by atoms with Crippen LogP contribution in [0.15, 0.2) is 30.3 Å². The predicted molar refractivity (Wildman–Crippen MR) is 114 cm³/mol. The zero-order chi connectivity index (χ0) is 22.3. The summed E-state index contributed by atoms with van der Waals surface area (Å²) >= 11 is 1.26. The highest BCUT2D eigenvalue weighted by atomic mass is 32.2. The van der Waals surface area contributed by atoms with Gasteiger partial charge in [-0.15, -0.1) is 11.8 Å². The molecule has 0 saturated carbocycles. The van der Waals surface area contributed by atoms with Crippen molar-refractivity contribution in [3.8, 4) is 0 Å². The quantitative estimate of drug-likeness (QED) is 0.538. The summed E-state index contributed by atoms with van der Waals surface area (Å²) in [6.45, 7) is 5.77. The van der Waals surface area contributed by atoms with Crippen molar-refractivity contribution < 1.29 is 28.6 Å². The maximum absolute atomic E-state index is 12.8. The number of rotatable bonds is 6. The molecule has 1 aliphatic heterocycles. The van der Waals surface area contributed by atoms with Crippen LogP contribution >= 0.6 is 11.8 Å². The van der Waals surface area contributed by atoms with E-state index < -0.39 is 41.1 Å². The van der Waals surface area contributed by atoms with Crippen LogP contribution in [0.3, 0.4) is 0 Å². The Morgan fingerprint density at radius 2 is 1.90 bits per heavy atom. The van der Waals surface area contributed by atoms with E-state index in [1.54, 1.807) is 27.0 Å². The maximum atomic E-state index is 12.8. The molecule has 1 N–H and O–H groups in total. The molecule has 1 aliphatic rings. The van der Waals surface area contributed by atoms with Gasteiger partial charge in [-0.1, -0.05) is 30.3 Å². The number of nitrogens with one attached hydrogen (secondary N) is 1. The number of esters is 1. The summed E-state index contributed by atoms with van der Waals surface area (Å²) < 4.78 is 15.7. The van der Waals surface area contributed by atoms with Crippen molar-refractivity contribution in [3.05, 3.63) is 35.9 Å². The van der Waals surface area contributed by atoms with Gasteiger partial charge in [0, 0.05) is 6.54 Å². The molecule has 2 amide bonds. The minimum atomic E-state index is -0.679. The summed E-state index contributed by atoms with van der Waals surface area (Å²) in [7, 11) is 1.30. The largest absolute Gasteiger partial charge is 0.468 e. The topological polar surface area (TPSA) is 94.2 Å². The number of thioether (sulfide) groups is 1. The number of likely N-dealkylation sites (tertiary alicyclic amines) is 1. The molecule has 166 valence electrons. The van der Waals surface area contributed by atoms with Gasteiger partial charge in [-0.05, 0) is 39.0 Å². The van der Waals surface area contributed by atoms with Crippen molar-refractivity contribution >= 4 is 29.9 Å². The van der Waals surface area contributed by atoms with Crippen molar-refractivity contribution in [1.29, 1.82) is 0 Å². The van der Waals surface area contributed by atoms with Gasteiger partial charge in [-0.3, -0.25) is 4.79 Å². The maximum Gasteiger partial charge on any atom is 0.410 e. The zero-order valence-electron chi connectivity index (χ0n) is 18.0. The van der Waals surface area contributed by atoms with E-state index in [2.05, 4.69) is 5.32 Å². The van der Waals surface area contributed by atoms with Crippen LogP contribution in [-0.2, 0) is 25.6 Å². The third kappa shape index (κ3) is 6.55. The van der Waals surface area contributed by atoms with Crippen LogP contribution in [0.4, 0.5) is 9.59 Å². The van der Waals surface area contributed by atoms with Gasteiger partial charge in [0.05, 0.1) is 19.2 Å². The molecule has 1 heterocycles. The Labute approximate surface area is 181 Å². The average Bonchev–Trinajstić information content (AvgIpc) is 3.09. The number of hydrogen-bond donors (Lipinski definition) is 1. The zero-order valence-corrected chi connectivity index (χ0v) is 18.9. The second-order valence-corrected chi connectivity index (χ2v) is 8.92. The molecule has 1 aromatic rings. The van der Waals surface area contributed by atoms with Crippen LogP contribution in [0.25, 0.3) is 0 Å².